The number of nitrogens with one attached hydrogen (secondary N) is 1. The van der Waals surface area contributed by atoms with Crippen molar-refractivity contribution < 1.29 is 4.79 Å². The summed E-state index contributed by atoms with van der Waals surface area (Å²) in [5, 5.41) is 9.56. The minimum absolute atomic E-state index is 0.0858. The molecule has 4 heterocycles. The normalized spacial score (nSPS) is 13.3. The van der Waals surface area contributed by atoms with Crippen molar-refractivity contribution in [3.8, 4) is 16.5 Å². The molecule has 4 aromatic heterocycles. The molecule has 1 aliphatic carbocycles. The Hall–Kier alpha value is -3.39. The molecule has 0 bridgehead atoms. The largest absolute Gasteiger partial charge is 0.352 e. The van der Waals surface area contributed by atoms with Gasteiger partial charge in [-0.2, -0.15) is 5.10 Å². The number of aromatic nitrogens is 5. The molecule has 0 radical (unpaired) electrons. The van der Waals surface area contributed by atoms with E-state index in [4.69, 9.17) is 4.98 Å². The third-order valence-electron chi connectivity index (χ3n) is 5.30. The van der Waals surface area contributed by atoms with Gasteiger partial charge >= 0.3 is 0 Å². The molecule has 0 unspecified atom stereocenters. The van der Waals surface area contributed by atoms with Crippen LogP contribution in [-0.2, 0) is 6.42 Å². The van der Waals surface area contributed by atoms with Crippen LogP contribution in [-0.4, -0.2) is 37.2 Å². The average Bonchev–Trinajstić information content (AvgIpc) is 3.32. The molecule has 0 atom stereocenters. The van der Waals surface area contributed by atoms with E-state index in [0.29, 0.717) is 24.0 Å². The molecule has 0 aliphatic heterocycles. The first kappa shape index (κ1) is 19.6. The summed E-state index contributed by atoms with van der Waals surface area (Å²) in [4.78, 5) is 27.1. The fourth-order valence-corrected chi connectivity index (χ4v) is 4.29. The summed E-state index contributed by atoms with van der Waals surface area (Å²) in [7, 11) is 0. The predicted molar refractivity (Wildman–Crippen MR) is 119 cm³/mol. The van der Waals surface area contributed by atoms with Crippen molar-refractivity contribution in [1.82, 2.24) is 30.0 Å². The van der Waals surface area contributed by atoms with Crippen molar-refractivity contribution in [3.05, 3.63) is 77.3 Å². The molecule has 0 aromatic carbocycles. The third-order valence-corrected chi connectivity index (χ3v) is 6.19. The van der Waals surface area contributed by atoms with E-state index in [1.54, 1.807) is 40.8 Å². The summed E-state index contributed by atoms with van der Waals surface area (Å²) in [6, 6.07) is 9.93. The van der Waals surface area contributed by atoms with Crippen LogP contribution in [0.2, 0.25) is 0 Å². The van der Waals surface area contributed by atoms with Gasteiger partial charge < -0.3 is 5.32 Å². The molecule has 1 amide bonds. The van der Waals surface area contributed by atoms with Gasteiger partial charge in [-0.15, -0.1) is 11.3 Å². The minimum Gasteiger partial charge on any atom is -0.352 e. The predicted octanol–water partition coefficient (Wildman–Crippen LogP) is 4.03. The lowest BCUT2D eigenvalue weighted by Gasteiger charge is -2.09. The quantitative estimate of drug-likeness (QED) is 0.427. The van der Waals surface area contributed by atoms with Gasteiger partial charge in [-0.3, -0.25) is 9.78 Å². The Bertz CT molecular complexity index is 1170. The number of thiophene rings is 1. The van der Waals surface area contributed by atoms with Crippen LogP contribution in [0.15, 0.2) is 60.5 Å². The Balaban J connectivity index is 1.32. The van der Waals surface area contributed by atoms with Crippen molar-refractivity contribution in [2.75, 3.05) is 6.54 Å². The van der Waals surface area contributed by atoms with Gasteiger partial charge in [-0.25, -0.2) is 14.6 Å². The zero-order chi connectivity index (χ0) is 21.0. The lowest BCUT2D eigenvalue weighted by molar-refractivity contribution is 0.0952. The summed E-state index contributed by atoms with van der Waals surface area (Å²) < 4.78 is 1.74. The van der Waals surface area contributed by atoms with Crippen molar-refractivity contribution in [1.29, 1.82) is 0 Å². The second-order valence-electron chi connectivity index (χ2n) is 7.56. The van der Waals surface area contributed by atoms with Crippen molar-refractivity contribution in [2.24, 2.45) is 0 Å². The topological polar surface area (TPSA) is 85.6 Å². The van der Waals surface area contributed by atoms with Crippen molar-refractivity contribution in [3.63, 3.8) is 0 Å². The molecule has 0 spiro atoms. The lowest BCUT2D eigenvalue weighted by atomic mass is 10.1. The number of nitrogens with zero attached hydrogens (tertiary/aromatic N) is 5. The van der Waals surface area contributed by atoms with Crippen LogP contribution in [0, 0.1) is 0 Å². The molecular weight excluding hydrogens is 408 g/mol. The lowest BCUT2D eigenvalue weighted by Crippen LogP contribution is -2.25. The molecule has 5 rings (SSSR count). The summed E-state index contributed by atoms with van der Waals surface area (Å²) in [5.41, 5.74) is 3.62. The van der Waals surface area contributed by atoms with E-state index in [2.05, 4.69) is 20.4 Å². The van der Waals surface area contributed by atoms with Gasteiger partial charge in [0.2, 0.25) is 0 Å². The summed E-state index contributed by atoms with van der Waals surface area (Å²) >= 11 is 1.63. The maximum atomic E-state index is 12.9. The Labute approximate surface area is 184 Å². The molecule has 1 N–H and O–H groups in total. The van der Waals surface area contributed by atoms with Gasteiger partial charge in [0.05, 0.1) is 28.0 Å². The first-order valence-corrected chi connectivity index (χ1v) is 11.3. The molecule has 156 valence electrons. The van der Waals surface area contributed by atoms with Crippen LogP contribution in [0.3, 0.4) is 0 Å². The van der Waals surface area contributed by atoms with Crippen LogP contribution in [0.5, 0.6) is 0 Å². The van der Waals surface area contributed by atoms with Gasteiger partial charge in [0.25, 0.3) is 11.9 Å². The maximum Gasteiger partial charge on any atom is 0.254 e. The number of aryl methyl sites for hydroxylation is 1. The Morgan fingerprint density at radius 2 is 2.03 bits per heavy atom. The second-order valence-corrected chi connectivity index (χ2v) is 8.51. The van der Waals surface area contributed by atoms with E-state index < -0.39 is 0 Å². The third kappa shape index (κ3) is 4.39. The molecule has 7 nitrogen and oxygen atoms in total. The fraction of sp³-hybridized carbons (Fsp3) is 0.261. The number of hydrogen-bond acceptors (Lipinski definition) is 6. The van der Waals surface area contributed by atoms with Crippen LogP contribution >= 0.6 is 11.3 Å². The zero-order valence-electron chi connectivity index (χ0n) is 16.9. The highest BCUT2D eigenvalue weighted by molar-refractivity contribution is 7.13. The molecule has 8 heteroatoms. The molecule has 0 saturated heterocycles. The monoisotopic (exact) mass is 430 g/mol. The first-order chi connectivity index (χ1) is 15.3. The highest BCUT2D eigenvalue weighted by Crippen LogP contribution is 2.42. The molecule has 1 fully saturated rings. The first-order valence-electron chi connectivity index (χ1n) is 10.4. The molecular formula is C23H22N6OS. The van der Waals surface area contributed by atoms with E-state index in [-0.39, 0.29) is 5.91 Å². The summed E-state index contributed by atoms with van der Waals surface area (Å²) in [6.45, 7) is 0.612. The van der Waals surface area contributed by atoms with Crippen LogP contribution in [0.1, 0.15) is 46.8 Å². The number of rotatable bonds is 8. The second kappa shape index (κ2) is 8.77. The van der Waals surface area contributed by atoms with E-state index in [1.807, 2.05) is 35.7 Å². The van der Waals surface area contributed by atoms with Crippen molar-refractivity contribution in [2.45, 2.75) is 31.6 Å². The molecule has 1 aliphatic rings. The van der Waals surface area contributed by atoms with E-state index in [0.717, 1.165) is 41.9 Å². The van der Waals surface area contributed by atoms with Gasteiger partial charge in [0.1, 0.15) is 0 Å². The standard InChI is InChI=1S/C23H22N6OS/c30-22(25-10-1-3-16-7-11-24-12-8-16)18-15-27-29(21(18)17-5-6-17)23-26-13-9-19(28-23)20-4-2-14-31-20/h2,4,7-9,11-15,17H,1,3,5-6,10H2,(H,25,30). The molecule has 1 saturated carbocycles. The van der Waals surface area contributed by atoms with E-state index in [1.165, 1.54) is 5.56 Å². The number of carbonyl (C=O) groups is 1. The van der Waals surface area contributed by atoms with E-state index >= 15 is 0 Å². The fourth-order valence-electron chi connectivity index (χ4n) is 3.59. The number of amides is 1. The van der Waals surface area contributed by atoms with E-state index in [9.17, 15) is 4.79 Å². The molecule has 4 aromatic rings. The molecule has 31 heavy (non-hydrogen) atoms. The SMILES string of the molecule is O=C(NCCCc1ccncc1)c1cnn(-c2nccc(-c3cccs3)n2)c1C1CC1. The number of pyridine rings is 1. The van der Waals surface area contributed by atoms with Crippen LogP contribution in [0.25, 0.3) is 16.5 Å². The van der Waals surface area contributed by atoms with Crippen LogP contribution in [0.4, 0.5) is 0 Å². The highest BCUT2D eigenvalue weighted by Gasteiger charge is 2.33. The van der Waals surface area contributed by atoms with Gasteiger partial charge in [-0.05, 0) is 60.9 Å². The maximum absolute atomic E-state index is 12.9. The minimum atomic E-state index is -0.0858. The van der Waals surface area contributed by atoms with Gasteiger partial charge in [0, 0.05) is 31.1 Å². The summed E-state index contributed by atoms with van der Waals surface area (Å²) in [6.07, 6.45) is 10.9. The Morgan fingerprint density at radius 1 is 1.16 bits per heavy atom. The average molecular weight is 431 g/mol. The van der Waals surface area contributed by atoms with Gasteiger partial charge in [-0.1, -0.05) is 6.07 Å². The highest BCUT2D eigenvalue weighted by atomic mass is 32.1. The number of hydrogen-bond donors (Lipinski definition) is 1. The Morgan fingerprint density at radius 3 is 2.81 bits per heavy atom. The summed E-state index contributed by atoms with van der Waals surface area (Å²) in [5.74, 6) is 0.746. The smallest absolute Gasteiger partial charge is 0.254 e. The zero-order valence-corrected chi connectivity index (χ0v) is 17.8. The van der Waals surface area contributed by atoms with Crippen LogP contribution < -0.4 is 5.32 Å². The van der Waals surface area contributed by atoms with Gasteiger partial charge in [0.15, 0.2) is 0 Å². The Kier molecular flexibility index (Phi) is 5.54. The van der Waals surface area contributed by atoms with Crippen molar-refractivity contribution >= 4 is 17.2 Å². The number of carbonyl (C=O) groups excluding carboxylic acids is 1.